The van der Waals surface area contributed by atoms with E-state index in [0.717, 1.165) is 17.7 Å². The second-order valence-corrected chi connectivity index (χ2v) is 5.69. The highest BCUT2D eigenvalue weighted by Gasteiger charge is 2.39. The average molecular weight is 375 g/mol. The molecular weight excluding hydrogens is 355 g/mol. The SMILES string of the molecule is NC(C(=O)O)C(O)C(O)CC=CCCc1ccc(C(=O)C(F)(F)F)cc1. The van der Waals surface area contributed by atoms with Crippen LogP contribution in [-0.4, -0.2) is 51.5 Å². The number of aliphatic carboxylic acids is 1. The number of aliphatic hydroxyl groups is 2. The molecule has 3 atom stereocenters. The summed E-state index contributed by atoms with van der Waals surface area (Å²) in [6.07, 6.45) is -3.62. The van der Waals surface area contributed by atoms with Crippen LogP contribution in [0.1, 0.15) is 28.8 Å². The third kappa shape index (κ3) is 6.58. The van der Waals surface area contributed by atoms with Gasteiger partial charge in [-0.05, 0) is 24.8 Å². The van der Waals surface area contributed by atoms with Crippen molar-refractivity contribution in [2.75, 3.05) is 0 Å². The molecule has 3 unspecified atom stereocenters. The van der Waals surface area contributed by atoms with E-state index in [0.29, 0.717) is 12.8 Å². The van der Waals surface area contributed by atoms with Gasteiger partial charge in [-0.3, -0.25) is 9.59 Å². The number of carboxylic acids is 1. The second kappa shape index (κ2) is 9.46. The molecular formula is C17H20F3NO5. The lowest BCUT2D eigenvalue weighted by Crippen LogP contribution is -2.47. The number of carbonyl (C=O) groups is 2. The minimum Gasteiger partial charge on any atom is -0.480 e. The van der Waals surface area contributed by atoms with Crippen LogP contribution in [0.25, 0.3) is 0 Å². The number of alkyl halides is 3. The van der Waals surface area contributed by atoms with E-state index < -0.39 is 41.7 Å². The summed E-state index contributed by atoms with van der Waals surface area (Å²) in [7, 11) is 0. The number of aryl methyl sites for hydroxylation is 1. The Morgan fingerprint density at radius 2 is 1.69 bits per heavy atom. The van der Waals surface area contributed by atoms with Gasteiger partial charge < -0.3 is 21.1 Å². The van der Waals surface area contributed by atoms with Crippen molar-refractivity contribution in [2.45, 2.75) is 43.7 Å². The van der Waals surface area contributed by atoms with E-state index >= 15 is 0 Å². The molecule has 6 nitrogen and oxygen atoms in total. The first-order valence-electron chi connectivity index (χ1n) is 7.74. The molecule has 0 heterocycles. The van der Waals surface area contributed by atoms with E-state index in [-0.39, 0.29) is 6.42 Å². The molecule has 0 aliphatic rings. The molecule has 0 saturated carbocycles. The zero-order chi connectivity index (χ0) is 19.9. The third-order valence-electron chi connectivity index (χ3n) is 3.66. The topological polar surface area (TPSA) is 121 Å². The van der Waals surface area contributed by atoms with Gasteiger partial charge >= 0.3 is 12.1 Å². The van der Waals surface area contributed by atoms with Crippen LogP contribution < -0.4 is 5.73 Å². The summed E-state index contributed by atoms with van der Waals surface area (Å²) in [6.45, 7) is 0. The maximum Gasteiger partial charge on any atom is 0.454 e. The van der Waals surface area contributed by atoms with Gasteiger partial charge in [-0.1, -0.05) is 36.4 Å². The lowest BCUT2D eigenvalue weighted by atomic mass is 10.0. The molecule has 0 aliphatic heterocycles. The smallest absolute Gasteiger partial charge is 0.454 e. The lowest BCUT2D eigenvalue weighted by Gasteiger charge is -2.19. The maximum absolute atomic E-state index is 12.3. The molecule has 0 aromatic heterocycles. The van der Waals surface area contributed by atoms with Crippen LogP contribution in [0.3, 0.4) is 0 Å². The molecule has 1 aromatic carbocycles. The lowest BCUT2D eigenvalue weighted by molar-refractivity contribution is -0.143. The Balaban J connectivity index is 2.45. The number of Topliss-reactive ketones (excluding diaryl/α,β-unsaturated/α-hetero) is 1. The van der Waals surface area contributed by atoms with Crippen molar-refractivity contribution in [1.29, 1.82) is 0 Å². The van der Waals surface area contributed by atoms with Crippen LogP contribution >= 0.6 is 0 Å². The van der Waals surface area contributed by atoms with Crippen LogP contribution in [-0.2, 0) is 11.2 Å². The molecule has 0 bridgehead atoms. The van der Waals surface area contributed by atoms with Gasteiger partial charge in [0.05, 0.1) is 6.10 Å². The van der Waals surface area contributed by atoms with Gasteiger partial charge in [-0.25, -0.2) is 0 Å². The number of rotatable bonds is 9. The molecule has 26 heavy (non-hydrogen) atoms. The molecule has 144 valence electrons. The van der Waals surface area contributed by atoms with Crippen LogP contribution in [0, 0.1) is 0 Å². The Labute approximate surface area is 147 Å². The van der Waals surface area contributed by atoms with Gasteiger partial charge in [-0.2, -0.15) is 13.2 Å². The number of aliphatic hydroxyl groups excluding tert-OH is 2. The average Bonchev–Trinajstić information content (AvgIpc) is 2.58. The number of carbonyl (C=O) groups excluding carboxylic acids is 1. The number of benzene rings is 1. The van der Waals surface area contributed by atoms with Crippen LogP contribution in [0.15, 0.2) is 36.4 Å². The van der Waals surface area contributed by atoms with Crippen LogP contribution in [0.2, 0.25) is 0 Å². The minimum atomic E-state index is -4.90. The van der Waals surface area contributed by atoms with E-state index in [2.05, 4.69) is 0 Å². The van der Waals surface area contributed by atoms with E-state index in [9.17, 15) is 33.0 Å². The van der Waals surface area contributed by atoms with E-state index in [1.807, 2.05) is 0 Å². The quantitative estimate of drug-likeness (QED) is 0.383. The standard InChI is InChI=1S/C17H20F3NO5/c18-17(19,20)15(24)11-8-6-10(7-9-11)4-2-1-3-5-12(22)14(23)13(21)16(25)26/h1,3,6-9,12-14,22-23H,2,4-5,21H2,(H,25,26). The van der Waals surface area contributed by atoms with Gasteiger partial charge in [0.15, 0.2) is 0 Å². The van der Waals surface area contributed by atoms with E-state index in [1.165, 1.54) is 12.1 Å². The first-order valence-corrected chi connectivity index (χ1v) is 7.74. The highest BCUT2D eigenvalue weighted by molar-refractivity contribution is 6.00. The van der Waals surface area contributed by atoms with Crippen LogP contribution in [0.4, 0.5) is 13.2 Å². The summed E-state index contributed by atoms with van der Waals surface area (Å²) in [5, 5.41) is 27.8. The molecule has 0 spiro atoms. The fraction of sp³-hybridized carbons (Fsp3) is 0.412. The van der Waals surface area contributed by atoms with Crippen LogP contribution in [0.5, 0.6) is 0 Å². The van der Waals surface area contributed by atoms with Crippen molar-refractivity contribution in [3.8, 4) is 0 Å². The summed E-state index contributed by atoms with van der Waals surface area (Å²) in [4.78, 5) is 21.7. The van der Waals surface area contributed by atoms with Gasteiger partial charge in [0, 0.05) is 5.56 Å². The zero-order valence-corrected chi connectivity index (χ0v) is 13.7. The Morgan fingerprint density at radius 3 is 2.19 bits per heavy atom. The molecule has 0 aliphatic carbocycles. The Kier molecular flexibility index (Phi) is 7.94. The monoisotopic (exact) mass is 375 g/mol. The number of carboxylic acid groups (broad SMARTS) is 1. The highest BCUT2D eigenvalue weighted by Crippen LogP contribution is 2.21. The highest BCUT2D eigenvalue weighted by atomic mass is 19.4. The van der Waals surface area contributed by atoms with Gasteiger partial charge in [0.25, 0.3) is 5.78 Å². The third-order valence-corrected chi connectivity index (χ3v) is 3.66. The Morgan fingerprint density at radius 1 is 1.12 bits per heavy atom. The Bertz CT molecular complexity index is 643. The summed E-state index contributed by atoms with van der Waals surface area (Å²) in [5.41, 5.74) is 5.50. The molecule has 5 N–H and O–H groups in total. The molecule has 0 saturated heterocycles. The summed E-state index contributed by atoms with van der Waals surface area (Å²) >= 11 is 0. The predicted octanol–water partition coefficient (Wildman–Crippen LogP) is 1.44. The molecule has 0 fully saturated rings. The van der Waals surface area contributed by atoms with Gasteiger partial charge in [-0.15, -0.1) is 0 Å². The van der Waals surface area contributed by atoms with Gasteiger partial charge in [0.2, 0.25) is 0 Å². The fourth-order valence-corrected chi connectivity index (χ4v) is 2.11. The summed E-state index contributed by atoms with van der Waals surface area (Å²) < 4.78 is 36.9. The number of allylic oxidation sites excluding steroid dienone is 1. The molecule has 1 rings (SSSR count). The largest absolute Gasteiger partial charge is 0.480 e. The summed E-state index contributed by atoms with van der Waals surface area (Å²) in [6, 6.07) is 3.50. The molecule has 1 aromatic rings. The number of hydrogen-bond donors (Lipinski definition) is 4. The van der Waals surface area contributed by atoms with Crippen molar-refractivity contribution in [3.63, 3.8) is 0 Å². The zero-order valence-electron chi connectivity index (χ0n) is 13.7. The van der Waals surface area contributed by atoms with Crippen molar-refractivity contribution >= 4 is 11.8 Å². The molecule has 0 amide bonds. The first-order chi connectivity index (χ1) is 12.0. The molecule has 0 radical (unpaired) electrons. The van der Waals surface area contributed by atoms with E-state index in [1.54, 1.807) is 12.2 Å². The number of hydrogen-bond acceptors (Lipinski definition) is 5. The normalized spacial score (nSPS) is 15.6. The number of ketones is 1. The van der Waals surface area contributed by atoms with Gasteiger partial charge in [0.1, 0.15) is 12.1 Å². The van der Waals surface area contributed by atoms with Crippen molar-refractivity contribution in [3.05, 3.63) is 47.5 Å². The first kappa shape index (κ1) is 21.8. The predicted molar refractivity (Wildman–Crippen MR) is 86.5 cm³/mol. The maximum atomic E-state index is 12.3. The fourth-order valence-electron chi connectivity index (χ4n) is 2.11. The Hall–Kier alpha value is -2.23. The van der Waals surface area contributed by atoms with Crippen molar-refractivity contribution in [2.24, 2.45) is 5.73 Å². The van der Waals surface area contributed by atoms with Crippen molar-refractivity contribution < 1.29 is 38.1 Å². The second-order valence-electron chi connectivity index (χ2n) is 5.69. The number of halogens is 3. The van der Waals surface area contributed by atoms with E-state index in [4.69, 9.17) is 10.8 Å². The number of nitrogens with two attached hydrogens (primary N) is 1. The summed E-state index contributed by atoms with van der Waals surface area (Å²) in [5.74, 6) is -3.32. The minimum absolute atomic E-state index is 0.00116. The van der Waals surface area contributed by atoms with Crippen molar-refractivity contribution in [1.82, 2.24) is 0 Å². The molecule has 9 heteroatoms.